The number of hydrogen-bond acceptors (Lipinski definition) is 25. The molecule has 16 atom stereocenters. The molecule has 0 aliphatic rings. The largest absolute Gasteiger partial charge is 0.481 e. The average molecular weight is 2030 g/mol. The van der Waals surface area contributed by atoms with E-state index in [0.29, 0.717) is 5.69 Å². The normalized spacial score (nSPS) is 14.8. The third kappa shape index (κ3) is 50.2. The zero-order chi connectivity index (χ0) is 109. The lowest BCUT2D eigenvalue weighted by Gasteiger charge is -2.30. The molecule has 0 aliphatic heterocycles. The van der Waals surface area contributed by atoms with Gasteiger partial charge in [0.15, 0.2) is 11.9 Å². The Hall–Kier alpha value is -12.5. The first-order valence-electron chi connectivity index (χ1n) is 48.4. The topological polar surface area (TPSA) is 777 Å². The second-order valence-electron chi connectivity index (χ2n) is 39.8. The Labute approximate surface area is 837 Å². The van der Waals surface area contributed by atoms with E-state index >= 15 is 0 Å². The third-order valence-electron chi connectivity index (χ3n) is 22.0. The van der Waals surface area contributed by atoms with Crippen LogP contribution < -0.4 is 124 Å². The Morgan fingerprint density at radius 2 is 0.592 bits per heavy atom. The van der Waals surface area contributed by atoms with E-state index in [0.717, 1.165) is 0 Å². The van der Waals surface area contributed by atoms with Gasteiger partial charge in [-0.25, -0.2) is 9.78 Å². The summed E-state index contributed by atoms with van der Waals surface area (Å²) in [6, 6.07) is -21.9. The molecule has 0 radical (unpaired) electrons. The number of carboxylic acids is 2. The number of aliphatic carboxylic acids is 2. The van der Waals surface area contributed by atoms with Crippen LogP contribution in [-0.2, 0) is 102 Å². The van der Waals surface area contributed by atoms with E-state index in [1.165, 1.54) is 12.5 Å². The van der Waals surface area contributed by atoms with E-state index in [9.17, 15) is 106 Å². The quantitative estimate of drug-likeness (QED) is 0.0130. The molecule has 0 bridgehead atoms. The zero-order valence-electron chi connectivity index (χ0n) is 86.2. The van der Waals surface area contributed by atoms with Gasteiger partial charge < -0.3 is 139 Å². The highest BCUT2D eigenvalue weighted by Gasteiger charge is 2.41. The monoisotopic (exact) mass is 2030 g/mol. The van der Waals surface area contributed by atoms with Gasteiger partial charge in [0.05, 0.1) is 38.4 Å². The van der Waals surface area contributed by atoms with Crippen molar-refractivity contribution in [2.45, 2.75) is 326 Å². The maximum absolute atomic E-state index is 14.8. The maximum atomic E-state index is 14.8. The van der Waals surface area contributed by atoms with Crippen LogP contribution in [0.4, 0.5) is 0 Å². The van der Waals surface area contributed by atoms with Crippen molar-refractivity contribution in [2.75, 3.05) is 38.5 Å². The lowest BCUT2D eigenvalue weighted by atomic mass is 9.97. The smallest absolute Gasteiger partial charge is 0.326 e. The molecule has 804 valence electrons. The molecule has 1 aromatic rings. The predicted molar refractivity (Wildman–Crippen MR) is 531 cm³/mol. The molecule has 0 aliphatic carbocycles. The number of aromatic nitrogens is 2. The summed E-state index contributed by atoms with van der Waals surface area (Å²) in [5.41, 5.74) is 17.6. The molecule has 18 amide bonds. The first kappa shape index (κ1) is 127. The Balaban J connectivity index is 3.49. The molecule has 49 nitrogen and oxygen atoms in total. The summed E-state index contributed by atoms with van der Waals surface area (Å²) in [6.07, 6.45) is 1.82. The number of rotatable bonds is 67. The van der Waals surface area contributed by atoms with E-state index in [4.69, 9.17) is 28.0 Å². The number of imidazole rings is 1. The van der Waals surface area contributed by atoms with E-state index in [1.54, 1.807) is 138 Å². The molecule has 1 aromatic heterocycles. The van der Waals surface area contributed by atoms with Crippen LogP contribution in [0.3, 0.4) is 0 Å². The highest BCUT2D eigenvalue weighted by atomic mass is 32.1. The summed E-state index contributed by atoms with van der Waals surface area (Å²) in [7, 11) is 0. The number of guanidine groups is 2. The lowest BCUT2D eigenvalue weighted by Crippen LogP contribution is -2.61. The van der Waals surface area contributed by atoms with E-state index in [1.807, 2.05) is 13.8 Å². The van der Waals surface area contributed by atoms with Crippen LogP contribution in [0.1, 0.15) is 229 Å². The van der Waals surface area contributed by atoms with Crippen molar-refractivity contribution in [3.8, 4) is 0 Å². The van der Waals surface area contributed by atoms with Crippen molar-refractivity contribution >= 4 is 143 Å². The zero-order valence-corrected chi connectivity index (χ0v) is 87.1. The number of aromatic amines is 1. The number of amides is 18. The van der Waals surface area contributed by atoms with Crippen LogP contribution in [0.25, 0.3) is 0 Å². The Morgan fingerprint density at radius 3 is 0.930 bits per heavy atom. The molecule has 0 aromatic carbocycles. The number of carbonyl (C=O) groups is 20. The second-order valence-corrected chi connectivity index (χ2v) is 40.2. The van der Waals surface area contributed by atoms with Gasteiger partial charge >= 0.3 is 11.9 Å². The minimum absolute atomic E-state index is 0.00317. The minimum atomic E-state index is -1.63. The average Bonchev–Trinajstić information content (AvgIpc) is 1.50. The van der Waals surface area contributed by atoms with Gasteiger partial charge in [-0.15, -0.1) is 0 Å². The maximum Gasteiger partial charge on any atom is 0.326 e. The molecule has 50 heteroatoms. The molecule has 31 N–H and O–H groups in total. The molecule has 0 saturated heterocycles. The van der Waals surface area contributed by atoms with Crippen molar-refractivity contribution in [2.24, 2.45) is 82.3 Å². The number of H-pyrrole nitrogens is 1. The van der Waals surface area contributed by atoms with Crippen molar-refractivity contribution in [1.82, 2.24) is 116 Å². The van der Waals surface area contributed by atoms with Gasteiger partial charge in [0, 0.05) is 37.2 Å². The van der Waals surface area contributed by atoms with Crippen LogP contribution in [0.15, 0.2) is 12.5 Å². The van der Waals surface area contributed by atoms with E-state index in [-0.39, 0.29) is 125 Å². The third-order valence-corrected chi connectivity index (χ3v) is 22.3. The molecule has 1 heterocycles. The Kier molecular flexibility index (Phi) is 58.2. The predicted octanol–water partition coefficient (Wildman–Crippen LogP) is -3.53. The minimum Gasteiger partial charge on any atom is -0.481 e. The first-order valence-corrected chi connectivity index (χ1v) is 49.0. The van der Waals surface area contributed by atoms with Crippen LogP contribution in [0.5, 0.6) is 0 Å². The fourth-order valence-electron chi connectivity index (χ4n) is 14.5. The summed E-state index contributed by atoms with van der Waals surface area (Å²) >= 11 is 4.28. The van der Waals surface area contributed by atoms with Gasteiger partial charge in [-0.3, -0.25) is 102 Å². The molecule has 142 heavy (non-hydrogen) atoms. The SMILES string of the molecule is CC(C)C[C@H](NC(=O)CNC(=O)[C@@H](NC(=O)[C@H](CC(C)C)NC(=O)[C@@H](NC(=O)[C@@H](NC(=O)CNC(=O)[C@H](CC(C)C)NC(=O)[C@H](CCCNC(=N)N)NC(=O)[C@H](CCCNC(=N)N)NC(=O)[C@@H](NC(=O)[C@H](CC(C)C)NC(=O)[C@H](CS)NC(=O)CNC(=O)[C@H](CC(C)C)NC(=O)[C@@H](NC(=O)[C@H](CC(=O)O)NC(=O)[C@@H](N)CC(C)C)C(C)C)C(C)C)C(C)C)C(C)C)C(C)C)C(=O)N[C@@H](Cc1cnc[nH]1)C(=O)O. The fourth-order valence-corrected chi connectivity index (χ4v) is 14.8. The number of thiol groups is 1. The van der Waals surface area contributed by atoms with Crippen molar-refractivity contribution in [3.63, 3.8) is 0 Å². The second kappa shape index (κ2) is 64.8. The highest BCUT2D eigenvalue weighted by Crippen LogP contribution is 2.18. The van der Waals surface area contributed by atoms with Gasteiger partial charge in [-0.05, 0) is 129 Å². The van der Waals surface area contributed by atoms with E-state index in [2.05, 4.69) is 129 Å². The standard InChI is InChI=1S/C92H163N27O22S/c1-43(2)29-55(93)75(125)109-63(36-69(123)124)83(133)118-73(52(19)20)87(137)112-59(31-45(5)6)77(127)101-38-67(121)106-65(41-142)84(134)111-61(33-47(9)10)81(131)117-72(51(17)18)86(136)108-57(26-24-28-100-92(96)97)78(128)107-56(25-23-27-99-91(94)95)79(129)110-58(30-44(3)4)76(126)102-40-68(122)115-71(50(15)16)89(139)119-74(53(21)22)88(138)113-62(34-48(11)12)82(132)116-70(49(13)14)85(135)103-39-66(120)105-60(32-46(7)8)80(130)114-64(90(140)141)35-54-37-98-42-104-54/h37,42-53,55-65,70-74,142H,23-36,38-41,93H2,1-22H3,(H,98,104)(H,101,127)(H,102,126)(H,103,135)(H,105,120)(H,106,121)(H,107,128)(H,108,136)(H,109,125)(H,110,129)(H,111,134)(H,112,137)(H,113,138)(H,114,130)(H,115,122)(H,116,132)(H,117,131)(H,118,133)(H,119,139)(H,123,124)(H,140,141)(H4,94,95,99)(H4,96,97,100)/t55-,56-,57-,58-,59-,60-,61-,62-,63-,64-,65-,70-,71-,72-,73-,74-/m0/s1. The van der Waals surface area contributed by atoms with Gasteiger partial charge in [-0.1, -0.05) is 152 Å². The molecule has 0 fully saturated rings. The van der Waals surface area contributed by atoms with Crippen LogP contribution in [0.2, 0.25) is 0 Å². The Morgan fingerprint density at radius 1 is 0.324 bits per heavy atom. The number of hydrogen-bond donors (Lipinski definition) is 29. The number of carbonyl (C=O) groups excluding carboxylic acids is 18. The van der Waals surface area contributed by atoms with Crippen LogP contribution in [0, 0.1) is 75.9 Å². The van der Waals surface area contributed by atoms with Crippen LogP contribution in [-0.4, -0.2) is 286 Å². The molecule has 0 unspecified atom stereocenters. The molecular formula is C92H163N27O22S. The van der Waals surface area contributed by atoms with Crippen molar-refractivity contribution in [3.05, 3.63) is 18.2 Å². The van der Waals surface area contributed by atoms with Gasteiger partial charge in [0.1, 0.15) is 90.6 Å². The van der Waals surface area contributed by atoms with Gasteiger partial charge in [0.2, 0.25) is 106 Å². The molecule has 0 saturated carbocycles. The van der Waals surface area contributed by atoms with Gasteiger partial charge in [0.25, 0.3) is 0 Å². The molecule has 0 spiro atoms. The number of nitrogens with zero attached hydrogens (tertiary/aromatic N) is 1. The summed E-state index contributed by atoms with van der Waals surface area (Å²) in [5, 5.41) is 86.5. The summed E-state index contributed by atoms with van der Waals surface area (Å²) in [5.74, 6) is -24.1. The fraction of sp³-hybridized carbons (Fsp3) is 0.728. The molecule has 1 rings (SSSR count). The van der Waals surface area contributed by atoms with E-state index < -0.39 is 283 Å². The van der Waals surface area contributed by atoms with Crippen molar-refractivity contribution in [1.29, 1.82) is 10.8 Å². The first-order chi connectivity index (χ1) is 66.1. The lowest BCUT2D eigenvalue weighted by molar-refractivity contribution is -0.142. The van der Waals surface area contributed by atoms with Crippen molar-refractivity contribution < 1.29 is 106 Å². The number of carboxylic acid groups (broad SMARTS) is 2. The molecular weight excluding hydrogens is 1870 g/mol. The van der Waals surface area contributed by atoms with Gasteiger partial charge in [-0.2, -0.15) is 12.6 Å². The van der Waals surface area contributed by atoms with Crippen LogP contribution >= 0.6 is 12.6 Å². The highest BCUT2D eigenvalue weighted by molar-refractivity contribution is 7.80. The Bertz CT molecular complexity index is 4360. The summed E-state index contributed by atoms with van der Waals surface area (Å²) in [6.45, 7) is 35.0. The summed E-state index contributed by atoms with van der Waals surface area (Å²) < 4.78 is 0. The number of nitrogens with two attached hydrogens (primary N) is 3. The summed E-state index contributed by atoms with van der Waals surface area (Å²) in [4.78, 5) is 283. The number of nitrogens with one attached hydrogen (secondary N) is 23.